The Morgan fingerprint density at radius 1 is 1.52 bits per heavy atom. The topological polar surface area (TPSA) is 69.3 Å². The molecule has 1 amide bonds. The van der Waals surface area contributed by atoms with E-state index >= 15 is 0 Å². The van der Waals surface area contributed by atoms with Crippen LogP contribution in [0.15, 0.2) is 41.2 Å². The van der Waals surface area contributed by atoms with Gasteiger partial charge in [-0.15, -0.1) is 0 Å². The number of carbonyl (C=O) groups excluding carboxylic acids is 1. The predicted molar refractivity (Wildman–Crippen MR) is 77.5 cm³/mol. The van der Waals surface area contributed by atoms with E-state index in [1.807, 2.05) is 0 Å². The number of hydrogen-bond donors (Lipinski definition) is 1. The molecule has 6 nitrogen and oxygen atoms in total. The van der Waals surface area contributed by atoms with Gasteiger partial charge in [0.15, 0.2) is 0 Å². The molecule has 21 heavy (non-hydrogen) atoms. The molecule has 0 bridgehead atoms. The maximum absolute atomic E-state index is 11.9. The van der Waals surface area contributed by atoms with Crippen LogP contribution in [0.5, 0.6) is 0 Å². The lowest BCUT2D eigenvalue weighted by atomic mass is 10.1. The first kappa shape index (κ1) is 13.6. The zero-order valence-corrected chi connectivity index (χ0v) is 11.6. The molecule has 1 aliphatic heterocycles. The molecular weight excluding hydrogens is 270 g/mol. The highest BCUT2D eigenvalue weighted by atomic mass is 16.5. The summed E-state index contributed by atoms with van der Waals surface area (Å²) in [6.45, 7) is 2.32. The molecule has 1 N–H and O–H groups in total. The fourth-order valence-corrected chi connectivity index (χ4v) is 2.27. The lowest BCUT2D eigenvalue weighted by molar-refractivity contribution is -0.111. The van der Waals surface area contributed by atoms with E-state index < -0.39 is 0 Å². The smallest absolute Gasteiger partial charge is 0.249 e. The van der Waals surface area contributed by atoms with Crippen LogP contribution in [0.25, 0.3) is 6.08 Å². The zero-order valence-electron chi connectivity index (χ0n) is 11.6. The Hall–Kier alpha value is -2.34. The maximum atomic E-state index is 11.9. The maximum Gasteiger partial charge on any atom is 0.249 e. The van der Waals surface area contributed by atoms with Gasteiger partial charge in [-0.1, -0.05) is 0 Å². The minimum atomic E-state index is -0.212. The number of nitrogens with one attached hydrogen (secondary N) is 1. The van der Waals surface area contributed by atoms with Gasteiger partial charge in [0, 0.05) is 31.2 Å². The monoisotopic (exact) mass is 287 g/mol. The molecule has 3 rings (SSSR count). The number of nitrogens with zero attached hydrogens (tertiary/aromatic N) is 2. The number of aromatic nitrogens is 2. The molecule has 2 aromatic heterocycles. The van der Waals surface area contributed by atoms with Gasteiger partial charge in [-0.2, -0.15) is 5.10 Å². The third-order valence-corrected chi connectivity index (χ3v) is 3.37. The quantitative estimate of drug-likeness (QED) is 0.856. The van der Waals surface area contributed by atoms with E-state index in [2.05, 4.69) is 10.4 Å². The van der Waals surface area contributed by atoms with Gasteiger partial charge < -0.3 is 14.5 Å². The van der Waals surface area contributed by atoms with Gasteiger partial charge in [-0.3, -0.25) is 4.79 Å². The molecule has 1 atom stereocenters. The second-order valence-corrected chi connectivity index (χ2v) is 4.97. The van der Waals surface area contributed by atoms with Gasteiger partial charge in [0.2, 0.25) is 5.91 Å². The standard InChI is InChI=1S/C15H17N3O3/c19-15(4-3-13-2-1-8-21-13)17-14-5-7-16-18(14)10-12-6-9-20-11-12/h1-5,7-8,12H,6,9-11H2,(H,17,19)/b4-3-/t12-/m1/s1. The number of carbonyl (C=O) groups is 1. The SMILES string of the molecule is O=C(/C=C\c1ccco1)Nc1ccnn1C[C@H]1CCOC1. The van der Waals surface area contributed by atoms with Crippen LogP contribution < -0.4 is 5.32 Å². The summed E-state index contributed by atoms with van der Waals surface area (Å²) in [6.07, 6.45) is 7.35. The summed E-state index contributed by atoms with van der Waals surface area (Å²) in [5.74, 6) is 1.58. The molecule has 1 fully saturated rings. The third kappa shape index (κ3) is 3.61. The van der Waals surface area contributed by atoms with Gasteiger partial charge >= 0.3 is 0 Å². The molecule has 0 aromatic carbocycles. The molecule has 110 valence electrons. The van der Waals surface area contributed by atoms with Gasteiger partial charge in [0.25, 0.3) is 0 Å². The highest BCUT2D eigenvalue weighted by Crippen LogP contribution is 2.17. The molecule has 0 radical (unpaired) electrons. The van der Waals surface area contributed by atoms with Crippen molar-refractivity contribution in [3.8, 4) is 0 Å². The van der Waals surface area contributed by atoms with Crippen LogP contribution >= 0.6 is 0 Å². The van der Waals surface area contributed by atoms with Crippen molar-refractivity contribution in [1.82, 2.24) is 9.78 Å². The fourth-order valence-electron chi connectivity index (χ4n) is 2.27. The summed E-state index contributed by atoms with van der Waals surface area (Å²) in [5, 5.41) is 7.07. The van der Waals surface area contributed by atoms with E-state index in [9.17, 15) is 4.79 Å². The third-order valence-electron chi connectivity index (χ3n) is 3.37. The summed E-state index contributed by atoms with van der Waals surface area (Å²) in [7, 11) is 0. The van der Waals surface area contributed by atoms with Gasteiger partial charge in [0.1, 0.15) is 11.6 Å². The first-order valence-corrected chi connectivity index (χ1v) is 6.93. The Balaban J connectivity index is 1.59. The Kier molecular flexibility index (Phi) is 4.16. The zero-order chi connectivity index (χ0) is 14.5. The van der Waals surface area contributed by atoms with Crippen LogP contribution in [0, 0.1) is 5.92 Å². The summed E-state index contributed by atoms with van der Waals surface area (Å²) < 4.78 is 12.3. The molecule has 6 heteroatoms. The van der Waals surface area contributed by atoms with E-state index in [1.165, 1.54) is 6.08 Å². The fraction of sp³-hybridized carbons (Fsp3) is 0.333. The second kappa shape index (κ2) is 6.41. The van der Waals surface area contributed by atoms with Crippen LogP contribution in [0.1, 0.15) is 12.2 Å². The van der Waals surface area contributed by atoms with E-state index in [-0.39, 0.29) is 5.91 Å². The van der Waals surface area contributed by atoms with Crippen LogP contribution in [-0.2, 0) is 16.1 Å². The van der Waals surface area contributed by atoms with Crippen molar-refractivity contribution in [3.63, 3.8) is 0 Å². The van der Waals surface area contributed by atoms with Crippen molar-refractivity contribution in [1.29, 1.82) is 0 Å². The van der Waals surface area contributed by atoms with Crippen LogP contribution in [0.4, 0.5) is 5.82 Å². The number of furan rings is 1. The minimum absolute atomic E-state index is 0.212. The van der Waals surface area contributed by atoms with Crippen molar-refractivity contribution in [2.24, 2.45) is 5.92 Å². The van der Waals surface area contributed by atoms with Crippen molar-refractivity contribution in [2.75, 3.05) is 18.5 Å². The number of amides is 1. The largest absolute Gasteiger partial charge is 0.465 e. The van der Waals surface area contributed by atoms with Gasteiger partial charge in [-0.05, 0) is 24.6 Å². The molecule has 0 saturated carbocycles. The predicted octanol–water partition coefficient (Wildman–Crippen LogP) is 2.16. The highest BCUT2D eigenvalue weighted by Gasteiger charge is 2.17. The Labute approximate surface area is 122 Å². The Morgan fingerprint density at radius 3 is 3.24 bits per heavy atom. The average molecular weight is 287 g/mol. The normalized spacial score (nSPS) is 18.4. The van der Waals surface area contributed by atoms with E-state index in [0.29, 0.717) is 17.5 Å². The van der Waals surface area contributed by atoms with Crippen molar-refractivity contribution in [2.45, 2.75) is 13.0 Å². The van der Waals surface area contributed by atoms with Crippen LogP contribution in [0.3, 0.4) is 0 Å². The number of ether oxygens (including phenoxy) is 1. The summed E-state index contributed by atoms with van der Waals surface area (Å²) in [5.41, 5.74) is 0. The molecule has 3 heterocycles. The van der Waals surface area contributed by atoms with Crippen LogP contribution in [-0.4, -0.2) is 28.9 Å². The summed E-state index contributed by atoms with van der Waals surface area (Å²) >= 11 is 0. The first-order valence-electron chi connectivity index (χ1n) is 6.93. The lowest BCUT2D eigenvalue weighted by Gasteiger charge is -2.11. The minimum Gasteiger partial charge on any atom is -0.465 e. The molecule has 0 spiro atoms. The molecule has 2 aromatic rings. The van der Waals surface area contributed by atoms with Crippen molar-refractivity contribution < 1.29 is 13.9 Å². The highest BCUT2D eigenvalue weighted by molar-refractivity contribution is 6.01. The van der Waals surface area contributed by atoms with E-state index in [1.54, 1.807) is 41.4 Å². The first-order chi connectivity index (χ1) is 10.3. The van der Waals surface area contributed by atoms with Gasteiger partial charge in [0.05, 0.1) is 19.1 Å². The summed E-state index contributed by atoms with van der Waals surface area (Å²) in [4.78, 5) is 11.9. The molecule has 0 unspecified atom stereocenters. The molecule has 0 aliphatic carbocycles. The molecule has 1 aliphatic rings. The summed E-state index contributed by atoms with van der Waals surface area (Å²) in [6, 6.07) is 5.35. The molecular formula is C15H17N3O3. The van der Waals surface area contributed by atoms with Gasteiger partial charge in [-0.25, -0.2) is 4.68 Å². The Morgan fingerprint density at radius 2 is 2.48 bits per heavy atom. The number of rotatable bonds is 5. The second-order valence-electron chi connectivity index (χ2n) is 4.97. The average Bonchev–Trinajstić information content (AvgIpc) is 3.20. The van der Waals surface area contributed by atoms with E-state index in [0.717, 1.165) is 26.2 Å². The van der Waals surface area contributed by atoms with Crippen LogP contribution in [0.2, 0.25) is 0 Å². The number of hydrogen-bond acceptors (Lipinski definition) is 4. The lowest BCUT2D eigenvalue weighted by Crippen LogP contribution is -2.17. The van der Waals surface area contributed by atoms with E-state index in [4.69, 9.17) is 9.15 Å². The van der Waals surface area contributed by atoms with Crippen molar-refractivity contribution >= 4 is 17.8 Å². The number of anilines is 1. The Bertz CT molecular complexity index is 610. The molecule has 1 saturated heterocycles. The van der Waals surface area contributed by atoms with Crippen molar-refractivity contribution in [3.05, 3.63) is 42.5 Å².